The summed E-state index contributed by atoms with van der Waals surface area (Å²) in [6.07, 6.45) is 0. The van der Waals surface area contributed by atoms with Crippen LogP contribution in [0, 0.1) is 0 Å². The van der Waals surface area contributed by atoms with Crippen LogP contribution in [0.3, 0.4) is 0 Å². The van der Waals surface area contributed by atoms with Gasteiger partial charge in [0.2, 0.25) is 0 Å². The zero-order chi connectivity index (χ0) is 72.1. The monoisotopic (exact) mass is 1400 g/mol. The topological polar surface area (TPSA) is 46.0 Å². The van der Waals surface area contributed by atoms with Crippen LogP contribution in [0.5, 0.6) is 0 Å². The number of hydrogen-bond donors (Lipinski definition) is 0. The third kappa shape index (κ3) is 9.69. The third-order valence-electron chi connectivity index (χ3n) is 23.0. The Labute approximate surface area is 631 Å². The van der Waals surface area contributed by atoms with Crippen LogP contribution in [-0.4, -0.2) is 18.3 Å². The summed E-state index contributed by atoms with van der Waals surface area (Å²) in [5, 5.41) is 19.4. The molecule has 24 rings (SSSR count). The van der Waals surface area contributed by atoms with Gasteiger partial charge < -0.3 is 27.1 Å². The minimum absolute atomic E-state index is 0.908. The quantitative estimate of drug-likeness (QED) is 0.152. The van der Waals surface area contributed by atoms with Gasteiger partial charge >= 0.3 is 0 Å². The summed E-state index contributed by atoms with van der Waals surface area (Å²) in [5.41, 5.74) is 27.1. The van der Waals surface area contributed by atoms with Crippen molar-refractivity contribution in [1.82, 2.24) is 18.3 Å². The third-order valence-corrected chi connectivity index (χ3v) is 23.0. The molecule has 0 radical (unpaired) electrons. The molecule has 0 fully saturated rings. The lowest BCUT2D eigenvalue weighted by molar-refractivity contribution is 0.669. The van der Waals surface area contributed by atoms with Crippen LogP contribution in [-0.2, 0) is 0 Å². The summed E-state index contributed by atoms with van der Waals surface area (Å²) in [6.45, 7) is 0. The lowest BCUT2D eigenvalue weighted by Crippen LogP contribution is -1.94. The Morgan fingerprint density at radius 3 is 0.945 bits per heavy atom. The van der Waals surface area contributed by atoms with Crippen LogP contribution in [0.1, 0.15) is 0 Å². The van der Waals surface area contributed by atoms with E-state index < -0.39 is 0 Å². The molecule has 6 nitrogen and oxygen atoms in total. The van der Waals surface area contributed by atoms with Gasteiger partial charge in [-0.15, -0.1) is 0 Å². The molecule has 0 saturated carbocycles. The van der Waals surface area contributed by atoms with E-state index in [1.165, 1.54) is 142 Å². The fraction of sp³-hybridized carbons (Fsp3) is 0. The average molecular weight is 1400 g/mol. The molecule has 6 heterocycles. The van der Waals surface area contributed by atoms with Crippen molar-refractivity contribution in [3.8, 4) is 67.3 Å². The van der Waals surface area contributed by atoms with Crippen molar-refractivity contribution >= 4 is 153 Å². The van der Waals surface area contributed by atoms with Gasteiger partial charge in [-0.2, -0.15) is 0 Å². The standard InChI is InChI=1S/2C52H32N2O/c1-2-13-38(14-3-1)53-49-27-23-36(31-45(49)46-32-37(24-28-50(46)53)40-17-10-18-43-42-16-7-9-20-51(42)55-52(40)43)35-22-26-48-44(30-35)41-15-6-8-19-47(41)54(48)39-25-21-33-11-4-5-12-34(33)29-39;1-2-12-39(13-3-1)53-49-26-21-36(30-45(49)46-31-37(22-27-50(46)53)38-19-24-43-42-15-7-9-17-51(42)55-52(43)32-38)35-20-25-48-44(29-35)41-14-6-8-16-47(41)54(48)40-23-18-33-10-4-5-11-34(33)28-40/h2*1-32H. The highest BCUT2D eigenvalue weighted by atomic mass is 16.3. The summed E-state index contributed by atoms with van der Waals surface area (Å²) in [4.78, 5) is 0. The fourth-order valence-electron chi connectivity index (χ4n) is 17.8. The van der Waals surface area contributed by atoms with Crippen molar-refractivity contribution in [2.75, 3.05) is 0 Å². The Bertz CT molecular complexity index is 7910. The van der Waals surface area contributed by atoms with Gasteiger partial charge in [-0.3, -0.25) is 0 Å². The van der Waals surface area contributed by atoms with Crippen molar-refractivity contribution in [2.24, 2.45) is 0 Å². The average Bonchev–Trinajstić information content (AvgIpc) is 1.58. The van der Waals surface area contributed by atoms with Crippen LogP contribution >= 0.6 is 0 Å². The first-order chi connectivity index (χ1) is 54.5. The van der Waals surface area contributed by atoms with Gasteiger partial charge in [0.25, 0.3) is 0 Å². The Balaban J connectivity index is 0.000000132. The van der Waals surface area contributed by atoms with Crippen LogP contribution in [0.25, 0.3) is 220 Å². The SMILES string of the molecule is c1ccc(-n2c3ccc(-c4ccc5c(c4)c4ccccc4n5-c4ccc5ccccc5c4)cc3c3cc(-c4cccc5c4oc4ccccc45)ccc32)cc1.c1ccc(-n2c3ccc(-c4ccc5c(c4)oc4ccccc45)cc3c3cc(-c4ccc5c(c4)c4ccccc4n5-c4ccc5ccccc5c4)ccc32)cc1. The highest BCUT2D eigenvalue weighted by Gasteiger charge is 2.22. The van der Waals surface area contributed by atoms with E-state index in [-0.39, 0.29) is 0 Å². The summed E-state index contributed by atoms with van der Waals surface area (Å²) in [5.74, 6) is 0. The second-order valence-electron chi connectivity index (χ2n) is 29.1. The second kappa shape index (κ2) is 24.4. The molecule has 18 aromatic carbocycles. The van der Waals surface area contributed by atoms with Crippen molar-refractivity contribution in [3.05, 3.63) is 388 Å². The molecular formula is C104H64N4O2. The smallest absolute Gasteiger partial charge is 0.143 e. The molecule has 0 amide bonds. The molecule has 24 aromatic rings. The van der Waals surface area contributed by atoms with E-state index in [4.69, 9.17) is 8.83 Å². The molecule has 0 N–H and O–H groups in total. The van der Waals surface area contributed by atoms with Gasteiger partial charge in [-0.05, 0) is 218 Å². The van der Waals surface area contributed by atoms with Crippen molar-refractivity contribution in [3.63, 3.8) is 0 Å². The van der Waals surface area contributed by atoms with E-state index in [1.54, 1.807) is 0 Å². The van der Waals surface area contributed by atoms with E-state index in [0.29, 0.717) is 0 Å². The van der Waals surface area contributed by atoms with Gasteiger partial charge in [0.1, 0.15) is 22.3 Å². The molecule has 110 heavy (non-hydrogen) atoms. The number of rotatable bonds is 8. The predicted molar refractivity (Wildman–Crippen MR) is 462 cm³/mol. The largest absolute Gasteiger partial charge is 0.456 e. The number of benzene rings is 18. The van der Waals surface area contributed by atoms with Crippen molar-refractivity contribution in [2.45, 2.75) is 0 Å². The number of aromatic nitrogens is 4. The first-order valence-electron chi connectivity index (χ1n) is 37.7. The zero-order valence-corrected chi connectivity index (χ0v) is 59.6. The highest BCUT2D eigenvalue weighted by molar-refractivity contribution is 6.18. The molecule has 6 aromatic heterocycles. The van der Waals surface area contributed by atoms with Crippen LogP contribution < -0.4 is 0 Å². The van der Waals surface area contributed by atoms with Gasteiger partial charge in [0, 0.05) is 92.9 Å². The normalized spacial score (nSPS) is 12.0. The first kappa shape index (κ1) is 61.6. The maximum Gasteiger partial charge on any atom is 0.143 e. The maximum atomic E-state index is 6.50. The Kier molecular flexibility index (Phi) is 13.7. The molecule has 0 aliphatic heterocycles. The molecule has 0 aliphatic carbocycles. The van der Waals surface area contributed by atoms with Gasteiger partial charge in [0.15, 0.2) is 0 Å². The van der Waals surface area contributed by atoms with Crippen LogP contribution in [0.2, 0.25) is 0 Å². The Morgan fingerprint density at radius 2 is 0.473 bits per heavy atom. The summed E-state index contributed by atoms with van der Waals surface area (Å²) >= 11 is 0. The molecule has 0 atom stereocenters. The van der Waals surface area contributed by atoms with Crippen molar-refractivity contribution in [1.29, 1.82) is 0 Å². The van der Waals surface area contributed by atoms with E-state index in [2.05, 4.69) is 388 Å². The first-order valence-corrected chi connectivity index (χ1v) is 37.7. The van der Waals surface area contributed by atoms with Gasteiger partial charge in [0.05, 0.1) is 44.1 Å². The molecule has 6 heteroatoms. The van der Waals surface area contributed by atoms with E-state index in [0.717, 1.165) is 77.5 Å². The number of fused-ring (bicyclic) bond motifs is 20. The number of para-hydroxylation sites is 7. The Hall–Kier alpha value is -14.7. The Morgan fingerprint density at radius 1 is 0.155 bits per heavy atom. The molecule has 0 unspecified atom stereocenters. The second-order valence-corrected chi connectivity index (χ2v) is 29.1. The zero-order valence-electron chi connectivity index (χ0n) is 59.6. The molecular weight excluding hydrogens is 1340 g/mol. The summed E-state index contributed by atoms with van der Waals surface area (Å²) < 4.78 is 22.4. The molecule has 0 saturated heterocycles. The minimum Gasteiger partial charge on any atom is -0.456 e. The highest BCUT2D eigenvalue weighted by Crippen LogP contribution is 2.45. The lowest BCUT2D eigenvalue weighted by atomic mass is 9.98. The lowest BCUT2D eigenvalue weighted by Gasteiger charge is -2.10. The molecule has 0 spiro atoms. The summed E-state index contributed by atoms with van der Waals surface area (Å²) in [7, 11) is 0. The molecule has 0 bridgehead atoms. The minimum atomic E-state index is 0.908. The van der Waals surface area contributed by atoms with E-state index in [9.17, 15) is 0 Å². The van der Waals surface area contributed by atoms with E-state index in [1.807, 2.05) is 18.2 Å². The molecule has 0 aliphatic rings. The maximum absolute atomic E-state index is 6.50. The number of nitrogens with zero attached hydrogens (tertiary/aromatic N) is 4. The fourth-order valence-corrected chi connectivity index (χ4v) is 17.8. The predicted octanol–water partition coefficient (Wildman–Crippen LogP) is 28.5. The van der Waals surface area contributed by atoms with Crippen molar-refractivity contribution < 1.29 is 8.83 Å². The number of furan rings is 2. The molecule has 512 valence electrons. The van der Waals surface area contributed by atoms with Crippen LogP contribution in [0.15, 0.2) is 397 Å². The van der Waals surface area contributed by atoms with Gasteiger partial charge in [-0.1, -0.05) is 231 Å². The van der Waals surface area contributed by atoms with Crippen LogP contribution in [0.4, 0.5) is 0 Å². The number of hydrogen-bond acceptors (Lipinski definition) is 2. The summed E-state index contributed by atoms with van der Waals surface area (Å²) in [6, 6.07) is 141. The van der Waals surface area contributed by atoms with E-state index >= 15 is 0 Å². The van der Waals surface area contributed by atoms with Gasteiger partial charge in [-0.25, -0.2) is 0 Å².